The standard InChI is InChI=1S/C15H18Cl2N4O2S/c1-4-23-14(22)12-10(6-5-7-16)24-15(18-12)21(3)11-8-9(2)13(17)20-19-11/h8H,4-7H2,1-3H3. The van der Waals surface area contributed by atoms with Crippen LogP contribution in [0.25, 0.3) is 0 Å². The van der Waals surface area contributed by atoms with E-state index in [0.717, 1.165) is 16.9 Å². The summed E-state index contributed by atoms with van der Waals surface area (Å²) in [5, 5.41) is 8.98. The molecule has 0 atom stereocenters. The van der Waals surface area contributed by atoms with Gasteiger partial charge in [0.1, 0.15) is 0 Å². The van der Waals surface area contributed by atoms with E-state index < -0.39 is 5.97 Å². The SMILES string of the molecule is CCOC(=O)c1nc(N(C)c2cc(C)c(Cl)nn2)sc1CCCCl. The van der Waals surface area contributed by atoms with Crippen LogP contribution in [0.15, 0.2) is 6.07 Å². The lowest BCUT2D eigenvalue weighted by atomic mass is 10.2. The van der Waals surface area contributed by atoms with Crippen molar-refractivity contribution in [2.24, 2.45) is 0 Å². The average molecular weight is 389 g/mol. The van der Waals surface area contributed by atoms with Crippen LogP contribution < -0.4 is 4.90 Å². The van der Waals surface area contributed by atoms with Crippen LogP contribution in [0.1, 0.15) is 34.3 Å². The lowest BCUT2D eigenvalue weighted by Gasteiger charge is -2.14. The third-order valence-corrected chi connectivity index (χ3v) is 5.07. The van der Waals surface area contributed by atoms with Gasteiger partial charge in [-0.05, 0) is 38.3 Å². The molecular formula is C15H18Cl2N4O2S. The first-order valence-electron chi connectivity index (χ1n) is 7.44. The number of hydrogen-bond acceptors (Lipinski definition) is 7. The topological polar surface area (TPSA) is 68.2 Å². The molecule has 0 saturated carbocycles. The third kappa shape index (κ3) is 4.34. The molecule has 0 unspecified atom stereocenters. The highest BCUT2D eigenvalue weighted by Gasteiger charge is 2.22. The van der Waals surface area contributed by atoms with Crippen LogP contribution in [-0.4, -0.2) is 40.7 Å². The quantitative estimate of drug-likeness (QED) is 0.527. The maximum absolute atomic E-state index is 12.1. The summed E-state index contributed by atoms with van der Waals surface area (Å²) in [6, 6.07) is 1.82. The number of aromatic nitrogens is 3. The van der Waals surface area contributed by atoms with E-state index in [1.807, 2.05) is 20.0 Å². The lowest BCUT2D eigenvalue weighted by Crippen LogP contribution is -2.13. The summed E-state index contributed by atoms with van der Waals surface area (Å²) in [5.41, 5.74) is 1.16. The molecule has 0 fully saturated rings. The van der Waals surface area contributed by atoms with Gasteiger partial charge in [0.2, 0.25) is 0 Å². The number of alkyl halides is 1. The highest BCUT2D eigenvalue weighted by atomic mass is 35.5. The molecule has 0 amide bonds. The van der Waals surface area contributed by atoms with Crippen molar-refractivity contribution >= 4 is 51.5 Å². The maximum atomic E-state index is 12.1. The zero-order valence-corrected chi connectivity index (χ0v) is 16.0. The first-order valence-corrected chi connectivity index (χ1v) is 9.17. The Labute approximate surface area is 154 Å². The van der Waals surface area contributed by atoms with Crippen molar-refractivity contribution in [1.82, 2.24) is 15.2 Å². The number of nitrogens with zero attached hydrogens (tertiary/aromatic N) is 4. The summed E-state index contributed by atoms with van der Waals surface area (Å²) in [4.78, 5) is 19.2. The van der Waals surface area contributed by atoms with E-state index in [-0.39, 0.29) is 0 Å². The smallest absolute Gasteiger partial charge is 0.358 e. The number of rotatable bonds is 7. The number of carbonyl (C=O) groups is 1. The fraction of sp³-hybridized carbons (Fsp3) is 0.467. The molecular weight excluding hydrogens is 371 g/mol. The van der Waals surface area contributed by atoms with Gasteiger partial charge in [-0.15, -0.1) is 33.1 Å². The van der Waals surface area contributed by atoms with Gasteiger partial charge in [0.05, 0.1) is 6.61 Å². The van der Waals surface area contributed by atoms with Gasteiger partial charge in [0.25, 0.3) is 0 Å². The largest absolute Gasteiger partial charge is 0.461 e. The van der Waals surface area contributed by atoms with Crippen LogP contribution >= 0.6 is 34.5 Å². The first-order chi connectivity index (χ1) is 11.5. The van der Waals surface area contributed by atoms with Gasteiger partial charge in [-0.1, -0.05) is 11.6 Å². The van der Waals surface area contributed by atoms with Crippen LogP contribution in [0.3, 0.4) is 0 Å². The van der Waals surface area contributed by atoms with Crippen molar-refractivity contribution in [1.29, 1.82) is 0 Å². The number of halogens is 2. The van der Waals surface area contributed by atoms with Crippen molar-refractivity contribution in [3.05, 3.63) is 27.4 Å². The highest BCUT2D eigenvalue weighted by Crippen LogP contribution is 2.31. The monoisotopic (exact) mass is 388 g/mol. The Kier molecular flexibility index (Phi) is 6.77. The zero-order valence-electron chi connectivity index (χ0n) is 13.7. The minimum Gasteiger partial charge on any atom is -0.461 e. The van der Waals surface area contributed by atoms with E-state index >= 15 is 0 Å². The van der Waals surface area contributed by atoms with Crippen LogP contribution in [0.4, 0.5) is 10.9 Å². The van der Waals surface area contributed by atoms with Crippen molar-refractivity contribution in [2.45, 2.75) is 26.7 Å². The van der Waals surface area contributed by atoms with Crippen molar-refractivity contribution in [2.75, 3.05) is 24.4 Å². The number of anilines is 2. The van der Waals surface area contributed by atoms with Gasteiger partial charge < -0.3 is 9.64 Å². The summed E-state index contributed by atoms with van der Waals surface area (Å²) in [6.07, 6.45) is 1.44. The van der Waals surface area contributed by atoms with E-state index in [2.05, 4.69) is 15.2 Å². The molecule has 9 heteroatoms. The molecule has 0 saturated heterocycles. The fourth-order valence-electron chi connectivity index (χ4n) is 1.96. The molecule has 0 aromatic carbocycles. The molecule has 0 spiro atoms. The highest BCUT2D eigenvalue weighted by molar-refractivity contribution is 7.16. The van der Waals surface area contributed by atoms with E-state index in [9.17, 15) is 4.79 Å². The van der Waals surface area contributed by atoms with Crippen molar-refractivity contribution in [3.63, 3.8) is 0 Å². The molecule has 2 aromatic rings. The molecule has 0 aliphatic rings. The second-order valence-electron chi connectivity index (χ2n) is 5.02. The molecule has 0 N–H and O–H groups in total. The Balaban J connectivity index is 2.34. The fourth-order valence-corrected chi connectivity index (χ4v) is 3.24. The summed E-state index contributed by atoms with van der Waals surface area (Å²) < 4.78 is 5.09. The minimum absolute atomic E-state index is 0.304. The number of hydrogen-bond donors (Lipinski definition) is 0. The molecule has 2 heterocycles. The average Bonchev–Trinajstić information content (AvgIpc) is 2.99. The van der Waals surface area contributed by atoms with Crippen LogP contribution in [0.5, 0.6) is 0 Å². The van der Waals surface area contributed by atoms with E-state index in [1.54, 1.807) is 11.8 Å². The summed E-state index contributed by atoms with van der Waals surface area (Å²) in [5.74, 6) is 0.703. The first kappa shape index (κ1) is 18.9. The molecule has 2 rings (SSSR count). The zero-order chi connectivity index (χ0) is 17.7. The Hall–Kier alpha value is -1.44. The number of aryl methyl sites for hydroxylation is 2. The van der Waals surface area contributed by atoms with Gasteiger partial charge in [-0.3, -0.25) is 0 Å². The van der Waals surface area contributed by atoms with Gasteiger partial charge in [-0.2, -0.15) is 0 Å². The minimum atomic E-state index is -0.420. The van der Waals surface area contributed by atoms with E-state index in [0.29, 0.717) is 40.7 Å². The molecule has 2 aromatic heterocycles. The number of thiazole rings is 1. The molecule has 0 aliphatic carbocycles. The van der Waals surface area contributed by atoms with Crippen molar-refractivity contribution in [3.8, 4) is 0 Å². The summed E-state index contributed by atoms with van der Waals surface area (Å²) >= 11 is 13.1. The second kappa shape index (κ2) is 8.60. The van der Waals surface area contributed by atoms with E-state index in [4.69, 9.17) is 27.9 Å². The lowest BCUT2D eigenvalue weighted by molar-refractivity contribution is 0.0519. The molecule has 0 aliphatic heterocycles. The van der Waals surface area contributed by atoms with Crippen LogP contribution in [0, 0.1) is 6.92 Å². The normalized spacial score (nSPS) is 10.7. The Morgan fingerprint density at radius 3 is 2.79 bits per heavy atom. The van der Waals surface area contributed by atoms with Gasteiger partial charge >= 0.3 is 5.97 Å². The predicted molar refractivity (Wildman–Crippen MR) is 97.0 cm³/mol. The molecule has 0 radical (unpaired) electrons. The van der Waals surface area contributed by atoms with Crippen LogP contribution in [-0.2, 0) is 11.2 Å². The molecule has 6 nitrogen and oxygen atoms in total. The number of esters is 1. The summed E-state index contributed by atoms with van der Waals surface area (Å²) in [7, 11) is 1.82. The molecule has 24 heavy (non-hydrogen) atoms. The molecule has 0 bridgehead atoms. The Bertz CT molecular complexity index is 723. The van der Waals surface area contributed by atoms with Crippen molar-refractivity contribution < 1.29 is 9.53 Å². The Morgan fingerprint density at radius 2 is 2.17 bits per heavy atom. The van der Waals surface area contributed by atoms with Gasteiger partial charge in [0.15, 0.2) is 21.8 Å². The van der Waals surface area contributed by atoms with E-state index in [1.165, 1.54) is 11.3 Å². The number of ether oxygens (including phenoxy) is 1. The number of carbonyl (C=O) groups excluding carboxylic acids is 1. The third-order valence-electron chi connectivity index (χ3n) is 3.23. The molecule has 130 valence electrons. The predicted octanol–water partition coefficient (Wildman–Crippen LogP) is 4.01. The van der Waals surface area contributed by atoms with Gasteiger partial charge in [0, 0.05) is 17.8 Å². The Morgan fingerprint density at radius 1 is 1.42 bits per heavy atom. The van der Waals surface area contributed by atoms with Gasteiger partial charge in [-0.25, -0.2) is 9.78 Å². The maximum Gasteiger partial charge on any atom is 0.358 e. The summed E-state index contributed by atoms with van der Waals surface area (Å²) in [6.45, 7) is 3.92. The van der Waals surface area contributed by atoms with Crippen LogP contribution in [0.2, 0.25) is 5.15 Å². The second-order valence-corrected chi connectivity index (χ2v) is 6.81.